The summed E-state index contributed by atoms with van der Waals surface area (Å²) < 4.78 is 24.5. The molecule has 6 nitrogen and oxygen atoms in total. The van der Waals surface area contributed by atoms with Crippen molar-refractivity contribution in [2.45, 2.75) is 53.2 Å². The fourth-order valence-electron chi connectivity index (χ4n) is 4.07. The lowest BCUT2D eigenvalue weighted by atomic mass is 10.1. The maximum absolute atomic E-state index is 12.0. The average molecular weight is 691 g/mol. The molecule has 2 fully saturated rings. The van der Waals surface area contributed by atoms with Gasteiger partial charge in [-0.25, -0.2) is 9.59 Å². The second-order valence-electron chi connectivity index (χ2n) is 9.69. The molecule has 12 heteroatoms. The van der Waals surface area contributed by atoms with Crippen molar-refractivity contribution in [2.75, 3.05) is 53.5 Å². The Balaban J connectivity index is 1.42. The van der Waals surface area contributed by atoms with Gasteiger partial charge in [0.05, 0.1) is 35.6 Å². The van der Waals surface area contributed by atoms with Crippen LogP contribution >= 0.6 is 70.6 Å². The molecule has 3 rings (SSSR count). The Morgan fingerprint density at radius 2 is 1.55 bits per heavy atom. The van der Waals surface area contributed by atoms with E-state index in [1.807, 2.05) is 78.2 Å². The van der Waals surface area contributed by atoms with E-state index in [1.54, 1.807) is 23.5 Å². The Labute approximate surface area is 276 Å². The third-order valence-electron chi connectivity index (χ3n) is 6.07. The number of benzene rings is 1. The molecule has 2 unspecified atom stereocenters. The first kappa shape index (κ1) is 36.1. The van der Waals surface area contributed by atoms with Crippen LogP contribution in [0.5, 0.6) is 0 Å². The highest BCUT2D eigenvalue weighted by molar-refractivity contribution is 8.20. The summed E-state index contributed by atoms with van der Waals surface area (Å²) in [7, 11) is 0. The molecule has 0 aliphatic carbocycles. The minimum atomic E-state index is -0.787. The van der Waals surface area contributed by atoms with Gasteiger partial charge in [-0.1, -0.05) is 37.4 Å². The predicted octanol–water partition coefficient (Wildman–Crippen LogP) is 7.12. The molecule has 2 aliphatic rings. The van der Waals surface area contributed by atoms with E-state index in [1.165, 1.54) is 35.2 Å². The standard InChI is InChI=1S/C30H42O6S6/c1-4-26(31)35-25(21-37-11-9-28-38-13-14-39-28)20-33-18-23-7-6-8-24(17-23)19-34-22-30(3,36-27(32)5-2)42-12-10-29-40-15-16-41-29/h4-8,17,25,28-29H,1-2,9-16,18-22H2,3H3. The highest BCUT2D eigenvalue weighted by Gasteiger charge is 2.30. The zero-order valence-electron chi connectivity index (χ0n) is 24.2. The van der Waals surface area contributed by atoms with Crippen molar-refractivity contribution in [3.05, 3.63) is 60.7 Å². The lowest BCUT2D eigenvalue weighted by molar-refractivity contribution is -0.148. The van der Waals surface area contributed by atoms with Crippen LogP contribution in [0.3, 0.4) is 0 Å². The molecule has 2 aliphatic heterocycles. The summed E-state index contributed by atoms with van der Waals surface area (Å²) in [6, 6.07) is 8.03. The van der Waals surface area contributed by atoms with Gasteiger partial charge in [0.2, 0.25) is 0 Å². The second kappa shape index (κ2) is 20.6. The van der Waals surface area contributed by atoms with Crippen LogP contribution < -0.4 is 0 Å². The Bertz CT molecular complexity index is 985. The number of carbonyl (C=O) groups is 2. The van der Waals surface area contributed by atoms with Crippen molar-refractivity contribution in [1.82, 2.24) is 0 Å². The second-order valence-corrected chi connectivity index (χ2v) is 18.2. The van der Waals surface area contributed by atoms with E-state index in [4.69, 9.17) is 18.9 Å². The Kier molecular flexibility index (Phi) is 17.8. The molecule has 0 spiro atoms. The van der Waals surface area contributed by atoms with Gasteiger partial charge >= 0.3 is 11.9 Å². The van der Waals surface area contributed by atoms with Crippen LogP contribution in [0.2, 0.25) is 0 Å². The summed E-state index contributed by atoms with van der Waals surface area (Å²) >= 11 is 11.5. The number of hydrogen-bond acceptors (Lipinski definition) is 12. The molecule has 0 aromatic heterocycles. The van der Waals surface area contributed by atoms with Crippen molar-refractivity contribution in [3.63, 3.8) is 0 Å². The molecule has 2 heterocycles. The summed E-state index contributed by atoms with van der Waals surface area (Å²) in [5.41, 5.74) is 2.01. The molecule has 1 aromatic carbocycles. The quantitative estimate of drug-likeness (QED) is 0.0571. The third-order valence-corrected chi connectivity index (χ3v) is 14.8. The van der Waals surface area contributed by atoms with Crippen molar-refractivity contribution in [2.24, 2.45) is 0 Å². The predicted molar refractivity (Wildman–Crippen MR) is 187 cm³/mol. The topological polar surface area (TPSA) is 71.1 Å². The summed E-state index contributed by atoms with van der Waals surface area (Å²) in [6.45, 7) is 10.3. The molecule has 2 atom stereocenters. The minimum Gasteiger partial charge on any atom is -0.456 e. The SMILES string of the molecule is C=CC(=O)OC(COCc1cccc(COCC(C)(OC(=O)C=C)SCCC2SCCS2)c1)CSCCC1SCCS1. The number of esters is 2. The smallest absolute Gasteiger partial charge is 0.331 e. The molecular weight excluding hydrogens is 649 g/mol. The van der Waals surface area contributed by atoms with Gasteiger partial charge in [0, 0.05) is 40.9 Å². The Morgan fingerprint density at radius 3 is 2.17 bits per heavy atom. The first-order valence-electron chi connectivity index (χ1n) is 14.0. The molecule has 0 bridgehead atoms. The van der Waals surface area contributed by atoms with Crippen molar-refractivity contribution >= 4 is 82.5 Å². The summed E-state index contributed by atoms with van der Waals surface area (Å²) in [5, 5.41) is 0. The van der Waals surface area contributed by atoms with E-state index in [0.717, 1.165) is 35.5 Å². The largest absolute Gasteiger partial charge is 0.456 e. The number of ether oxygens (including phenoxy) is 4. The molecule has 42 heavy (non-hydrogen) atoms. The lowest BCUT2D eigenvalue weighted by Gasteiger charge is -2.28. The van der Waals surface area contributed by atoms with Crippen LogP contribution in [-0.2, 0) is 41.8 Å². The van der Waals surface area contributed by atoms with Crippen LogP contribution in [0.25, 0.3) is 0 Å². The molecule has 2 saturated heterocycles. The van der Waals surface area contributed by atoms with E-state index >= 15 is 0 Å². The normalized spacial score (nSPS) is 17.9. The van der Waals surface area contributed by atoms with Gasteiger partial charge in [-0.05, 0) is 42.4 Å². The third kappa shape index (κ3) is 14.6. The molecule has 0 amide bonds. The number of carbonyl (C=O) groups excluding carboxylic acids is 2. The van der Waals surface area contributed by atoms with Crippen molar-refractivity contribution in [3.8, 4) is 0 Å². The summed E-state index contributed by atoms with van der Waals surface area (Å²) in [6.07, 6.45) is 4.29. The van der Waals surface area contributed by atoms with E-state index in [-0.39, 0.29) is 12.7 Å². The van der Waals surface area contributed by atoms with Crippen molar-refractivity contribution < 1.29 is 28.5 Å². The number of rotatable bonds is 21. The van der Waals surface area contributed by atoms with Crippen LogP contribution in [0, 0.1) is 0 Å². The van der Waals surface area contributed by atoms with E-state index in [2.05, 4.69) is 13.2 Å². The van der Waals surface area contributed by atoms with Gasteiger partial charge in [0.1, 0.15) is 6.10 Å². The van der Waals surface area contributed by atoms with Gasteiger partial charge < -0.3 is 18.9 Å². The van der Waals surface area contributed by atoms with Crippen LogP contribution in [0.4, 0.5) is 0 Å². The molecule has 0 radical (unpaired) electrons. The van der Waals surface area contributed by atoms with E-state index < -0.39 is 16.9 Å². The fourth-order valence-corrected chi connectivity index (χ4v) is 12.4. The van der Waals surface area contributed by atoms with Gasteiger partial charge in [-0.15, -0.1) is 58.8 Å². The molecule has 0 saturated carbocycles. The van der Waals surface area contributed by atoms with Gasteiger partial charge in [0.15, 0.2) is 4.93 Å². The van der Waals surface area contributed by atoms with Crippen LogP contribution in [0.15, 0.2) is 49.6 Å². The van der Waals surface area contributed by atoms with Gasteiger partial charge in [-0.3, -0.25) is 0 Å². The summed E-state index contributed by atoms with van der Waals surface area (Å²) in [5.74, 6) is 6.65. The lowest BCUT2D eigenvalue weighted by Crippen LogP contribution is -2.33. The molecule has 234 valence electrons. The maximum Gasteiger partial charge on any atom is 0.331 e. The highest BCUT2D eigenvalue weighted by Crippen LogP contribution is 2.37. The highest BCUT2D eigenvalue weighted by atomic mass is 32.2. The van der Waals surface area contributed by atoms with Gasteiger partial charge in [-0.2, -0.15) is 11.8 Å². The zero-order valence-corrected chi connectivity index (χ0v) is 29.1. The first-order valence-corrected chi connectivity index (χ1v) is 20.3. The average Bonchev–Trinajstić information content (AvgIpc) is 3.70. The molecule has 0 N–H and O–H groups in total. The molecule has 1 aromatic rings. The number of hydrogen-bond donors (Lipinski definition) is 0. The minimum absolute atomic E-state index is 0.273. The first-order chi connectivity index (χ1) is 20.4. The van der Waals surface area contributed by atoms with Crippen LogP contribution in [0.1, 0.15) is 30.9 Å². The van der Waals surface area contributed by atoms with Crippen molar-refractivity contribution in [1.29, 1.82) is 0 Å². The van der Waals surface area contributed by atoms with E-state index in [0.29, 0.717) is 34.7 Å². The maximum atomic E-state index is 12.0. The summed E-state index contributed by atoms with van der Waals surface area (Å²) in [4.78, 5) is 23.1. The van der Waals surface area contributed by atoms with E-state index in [9.17, 15) is 9.59 Å². The Hall–Kier alpha value is -0.340. The monoisotopic (exact) mass is 690 g/mol. The zero-order chi connectivity index (χ0) is 30.0. The molecular formula is C30H42O6S6. The Morgan fingerprint density at radius 1 is 0.952 bits per heavy atom. The number of thioether (sulfide) groups is 6. The van der Waals surface area contributed by atoms with Crippen LogP contribution in [-0.4, -0.2) is 85.6 Å². The fraction of sp³-hybridized carbons (Fsp3) is 0.600. The van der Waals surface area contributed by atoms with Gasteiger partial charge in [0.25, 0.3) is 0 Å².